The van der Waals surface area contributed by atoms with Crippen molar-refractivity contribution < 1.29 is 19.4 Å². The van der Waals surface area contributed by atoms with Gasteiger partial charge < -0.3 is 19.6 Å². The highest BCUT2D eigenvalue weighted by Gasteiger charge is 2.38. The Balaban J connectivity index is 1.82. The molecule has 6 heteroatoms. The van der Waals surface area contributed by atoms with E-state index in [2.05, 4.69) is 0 Å². The number of carboxylic acids is 1. The molecular formula is C15H26N2O4. The molecule has 0 aromatic carbocycles. The lowest BCUT2D eigenvalue weighted by atomic mass is 9.80. The molecule has 0 aliphatic carbocycles. The summed E-state index contributed by atoms with van der Waals surface area (Å²) < 4.78 is 5.66. The Morgan fingerprint density at radius 1 is 1.33 bits per heavy atom. The van der Waals surface area contributed by atoms with E-state index in [-0.39, 0.29) is 12.1 Å². The van der Waals surface area contributed by atoms with E-state index < -0.39 is 11.4 Å². The number of aliphatic carboxylic acids is 1. The topological polar surface area (TPSA) is 70.1 Å². The zero-order chi connectivity index (χ0) is 15.5. The maximum absolute atomic E-state index is 12.4. The van der Waals surface area contributed by atoms with Gasteiger partial charge in [-0.2, -0.15) is 0 Å². The predicted octanol–water partition coefficient (Wildman–Crippen LogP) is 1.79. The van der Waals surface area contributed by atoms with Gasteiger partial charge in [0.25, 0.3) is 0 Å². The van der Waals surface area contributed by atoms with Gasteiger partial charge >= 0.3 is 12.0 Å². The van der Waals surface area contributed by atoms with Gasteiger partial charge in [-0.05, 0) is 39.0 Å². The fourth-order valence-corrected chi connectivity index (χ4v) is 2.98. The average molecular weight is 298 g/mol. The maximum Gasteiger partial charge on any atom is 0.319 e. The molecule has 2 heterocycles. The maximum atomic E-state index is 12.4. The van der Waals surface area contributed by atoms with Crippen LogP contribution in [0.3, 0.4) is 0 Å². The monoisotopic (exact) mass is 298 g/mol. The van der Waals surface area contributed by atoms with Crippen molar-refractivity contribution >= 4 is 12.0 Å². The van der Waals surface area contributed by atoms with Crippen LogP contribution in [0.15, 0.2) is 0 Å². The number of hydrogen-bond donors (Lipinski definition) is 1. The fraction of sp³-hybridized carbons (Fsp3) is 0.867. The highest BCUT2D eigenvalue weighted by molar-refractivity contribution is 5.77. The van der Waals surface area contributed by atoms with Crippen molar-refractivity contribution in [3.05, 3.63) is 0 Å². The number of urea groups is 1. The van der Waals surface area contributed by atoms with Gasteiger partial charge in [-0.3, -0.25) is 4.79 Å². The summed E-state index contributed by atoms with van der Waals surface area (Å²) in [4.78, 5) is 27.1. The van der Waals surface area contributed by atoms with E-state index in [1.807, 2.05) is 0 Å². The summed E-state index contributed by atoms with van der Waals surface area (Å²) in [6.07, 6.45) is 4.45. The second-order valence-corrected chi connectivity index (χ2v) is 6.50. The zero-order valence-corrected chi connectivity index (χ0v) is 13.0. The molecule has 0 saturated carbocycles. The number of hydrogen-bond acceptors (Lipinski definition) is 3. The molecule has 0 radical (unpaired) electrons. The van der Waals surface area contributed by atoms with Crippen molar-refractivity contribution in [2.75, 3.05) is 33.3 Å². The number of amides is 2. The molecular weight excluding hydrogens is 272 g/mol. The molecule has 1 N–H and O–H groups in total. The molecule has 120 valence electrons. The molecule has 2 rings (SSSR count). The lowest BCUT2D eigenvalue weighted by Crippen LogP contribution is -2.50. The number of ether oxygens (including phenoxy) is 1. The summed E-state index contributed by atoms with van der Waals surface area (Å²) >= 11 is 0. The zero-order valence-electron chi connectivity index (χ0n) is 13.0. The summed E-state index contributed by atoms with van der Waals surface area (Å²) in [5, 5.41) is 9.22. The summed E-state index contributed by atoms with van der Waals surface area (Å²) in [6, 6.07) is -0.0170. The quantitative estimate of drug-likeness (QED) is 0.862. The molecule has 0 spiro atoms. The van der Waals surface area contributed by atoms with E-state index in [1.165, 1.54) is 0 Å². The summed E-state index contributed by atoms with van der Waals surface area (Å²) in [5.41, 5.74) is -0.693. The van der Waals surface area contributed by atoms with E-state index in [0.29, 0.717) is 32.5 Å². The number of carboxylic acid groups (broad SMARTS) is 1. The number of carbonyl (C=O) groups excluding carboxylic acids is 1. The molecule has 1 unspecified atom stereocenters. The second kappa shape index (κ2) is 6.64. The van der Waals surface area contributed by atoms with Crippen LogP contribution >= 0.6 is 0 Å². The van der Waals surface area contributed by atoms with Crippen LogP contribution in [0.25, 0.3) is 0 Å². The molecule has 2 fully saturated rings. The van der Waals surface area contributed by atoms with Gasteiger partial charge in [0.15, 0.2) is 0 Å². The third-order valence-electron chi connectivity index (χ3n) is 4.73. The van der Waals surface area contributed by atoms with Gasteiger partial charge in [0.1, 0.15) is 0 Å². The van der Waals surface area contributed by atoms with Crippen LogP contribution in [-0.2, 0) is 9.53 Å². The van der Waals surface area contributed by atoms with Crippen LogP contribution in [0.5, 0.6) is 0 Å². The van der Waals surface area contributed by atoms with Crippen LogP contribution < -0.4 is 0 Å². The fourth-order valence-electron chi connectivity index (χ4n) is 2.98. The Labute approximate surface area is 126 Å². The number of nitrogens with zero attached hydrogens (tertiary/aromatic N) is 2. The van der Waals surface area contributed by atoms with Crippen LogP contribution in [0.1, 0.15) is 39.0 Å². The van der Waals surface area contributed by atoms with Crippen LogP contribution in [-0.4, -0.2) is 66.3 Å². The van der Waals surface area contributed by atoms with Crippen molar-refractivity contribution in [2.45, 2.75) is 45.1 Å². The number of likely N-dealkylation sites (tertiary alicyclic amines) is 1. The molecule has 2 saturated heterocycles. The Hall–Kier alpha value is -1.30. The molecule has 2 aliphatic rings. The van der Waals surface area contributed by atoms with Crippen LogP contribution in [0.4, 0.5) is 4.79 Å². The summed E-state index contributed by atoms with van der Waals surface area (Å²) in [7, 11) is 1.80. The Kier molecular flexibility index (Phi) is 5.08. The molecule has 2 aliphatic heterocycles. The SMILES string of the molecule is CN(CC1CCCCO1)C(=O)N1CCC(C)(C(=O)O)CC1. The molecule has 0 aromatic rings. The van der Waals surface area contributed by atoms with Gasteiger partial charge in [0, 0.05) is 33.3 Å². The van der Waals surface area contributed by atoms with Gasteiger partial charge in [-0.1, -0.05) is 0 Å². The lowest BCUT2D eigenvalue weighted by molar-refractivity contribution is -0.150. The van der Waals surface area contributed by atoms with Crippen LogP contribution in [0, 0.1) is 5.41 Å². The third kappa shape index (κ3) is 3.87. The Bertz CT molecular complexity index is 385. The largest absolute Gasteiger partial charge is 0.481 e. The second-order valence-electron chi connectivity index (χ2n) is 6.50. The highest BCUT2D eigenvalue weighted by atomic mass is 16.5. The first-order valence-electron chi connectivity index (χ1n) is 7.77. The number of likely N-dealkylation sites (N-methyl/N-ethyl adjacent to an activating group) is 1. The van der Waals surface area contributed by atoms with Crippen LogP contribution in [0.2, 0.25) is 0 Å². The minimum atomic E-state index is -0.765. The molecule has 2 amide bonds. The first-order valence-corrected chi connectivity index (χ1v) is 7.77. The van der Waals surface area contributed by atoms with Crippen molar-refractivity contribution in [3.8, 4) is 0 Å². The minimum Gasteiger partial charge on any atom is -0.481 e. The van der Waals surface area contributed by atoms with E-state index >= 15 is 0 Å². The van der Waals surface area contributed by atoms with Gasteiger partial charge in [-0.25, -0.2) is 4.79 Å². The predicted molar refractivity (Wildman–Crippen MR) is 78.2 cm³/mol. The van der Waals surface area contributed by atoms with E-state index in [4.69, 9.17) is 4.74 Å². The van der Waals surface area contributed by atoms with Crippen molar-refractivity contribution in [1.82, 2.24) is 9.80 Å². The van der Waals surface area contributed by atoms with E-state index in [9.17, 15) is 14.7 Å². The van der Waals surface area contributed by atoms with Crippen molar-refractivity contribution in [2.24, 2.45) is 5.41 Å². The van der Waals surface area contributed by atoms with Crippen molar-refractivity contribution in [1.29, 1.82) is 0 Å². The molecule has 0 aromatic heterocycles. The molecule has 21 heavy (non-hydrogen) atoms. The summed E-state index contributed by atoms with van der Waals surface area (Å²) in [6.45, 7) is 4.19. The molecule has 6 nitrogen and oxygen atoms in total. The number of rotatable bonds is 3. The number of carbonyl (C=O) groups is 2. The summed E-state index contributed by atoms with van der Waals surface area (Å²) in [5.74, 6) is -0.765. The lowest BCUT2D eigenvalue weighted by Gasteiger charge is -2.38. The van der Waals surface area contributed by atoms with Gasteiger partial charge in [0.2, 0.25) is 0 Å². The normalized spacial score (nSPS) is 25.4. The standard InChI is InChI=1S/C15H26N2O4/c1-15(13(18)19)6-8-17(9-7-15)14(20)16(2)11-12-5-3-4-10-21-12/h12H,3-11H2,1-2H3,(H,18,19). The van der Waals surface area contributed by atoms with E-state index in [0.717, 1.165) is 25.9 Å². The minimum absolute atomic E-state index is 0.0170. The molecule has 0 bridgehead atoms. The Morgan fingerprint density at radius 2 is 2.00 bits per heavy atom. The molecule has 1 atom stereocenters. The van der Waals surface area contributed by atoms with Gasteiger partial charge in [-0.15, -0.1) is 0 Å². The smallest absolute Gasteiger partial charge is 0.319 e. The average Bonchev–Trinajstić information content (AvgIpc) is 2.48. The Morgan fingerprint density at radius 3 is 2.52 bits per heavy atom. The first kappa shape index (κ1) is 16.1. The van der Waals surface area contributed by atoms with Gasteiger partial charge in [0.05, 0.1) is 11.5 Å². The number of piperidine rings is 1. The first-order chi connectivity index (χ1) is 9.92. The van der Waals surface area contributed by atoms with Crippen molar-refractivity contribution in [3.63, 3.8) is 0 Å². The van der Waals surface area contributed by atoms with E-state index in [1.54, 1.807) is 23.8 Å². The third-order valence-corrected chi connectivity index (χ3v) is 4.73. The highest BCUT2D eigenvalue weighted by Crippen LogP contribution is 2.31.